The zero-order valence-electron chi connectivity index (χ0n) is 12.5. The molecule has 1 aliphatic rings. The number of halogens is 2. The topological polar surface area (TPSA) is 20.3 Å². The van der Waals surface area contributed by atoms with Gasteiger partial charge in [0.25, 0.3) is 0 Å². The highest BCUT2D eigenvalue weighted by atomic mass is 35.5. The van der Waals surface area contributed by atoms with E-state index in [0.717, 1.165) is 43.5 Å². The first-order valence-corrected chi connectivity index (χ1v) is 8.97. The Bertz CT molecular complexity index is 515. The number of thioether (sulfide) groups is 1. The maximum Gasteiger partial charge on any atom is 0.199 e. The number of rotatable bonds is 6. The summed E-state index contributed by atoms with van der Waals surface area (Å²) in [6.07, 6.45) is 3.97. The maximum atomic E-state index is 12.7. The molecule has 2 nitrogen and oxygen atoms in total. The van der Waals surface area contributed by atoms with E-state index in [1.807, 2.05) is 12.1 Å². The molecule has 0 bridgehead atoms. The molecule has 0 unspecified atom stereocenters. The number of carbonyl (C=O) groups is 1. The summed E-state index contributed by atoms with van der Waals surface area (Å²) in [5, 5.41) is 1.36. The second-order valence-corrected chi connectivity index (χ2v) is 7.74. The van der Waals surface area contributed by atoms with E-state index in [-0.39, 0.29) is 10.5 Å². The van der Waals surface area contributed by atoms with E-state index in [1.165, 1.54) is 11.8 Å². The minimum Gasteiger partial charge on any atom is -0.309 e. The lowest BCUT2D eigenvalue weighted by molar-refractivity contribution is -0.118. The van der Waals surface area contributed by atoms with Crippen molar-refractivity contribution in [1.82, 2.24) is 4.90 Å². The van der Waals surface area contributed by atoms with Crippen LogP contribution < -0.4 is 0 Å². The Kier molecular flexibility index (Phi) is 6.01. The van der Waals surface area contributed by atoms with Crippen LogP contribution in [0.15, 0.2) is 18.2 Å². The van der Waals surface area contributed by atoms with Crippen LogP contribution in [-0.2, 0) is 10.2 Å². The van der Waals surface area contributed by atoms with Gasteiger partial charge in [-0.1, -0.05) is 47.5 Å². The molecule has 1 fully saturated rings. The van der Waals surface area contributed by atoms with Gasteiger partial charge in [-0.15, -0.1) is 0 Å². The molecule has 0 heterocycles. The molecule has 0 radical (unpaired) electrons. The smallest absolute Gasteiger partial charge is 0.199 e. The molecule has 0 amide bonds. The van der Waals surface area contributed by atoms with Gasteiger partial charge in [-0.2, -0.15) is 0 Å². The SMILES string of the molecule is CN(C)CCCSC(=O)C1(c2ccc(Cl)c(Cl)c2)CCC1. The highest BCUT2D eigenvalue weighted by molar-refractivity contribution is 8.13. The van der Waals surface area contributed by atoms with Crippen molar-refractivity contribution in [3.05, 3.63) is 33.8 Å². The van der Waals surface area contributed by atoms with E-state index in [9.17, 15) is 4.79 Å². The molecule has 2 rings (SSSR count). The Balaban J connectivity index is 2.03. The molecule has 0 aliphatic heterocycles. The fourth-order valence-corrected chi connectivity index (χ4v) is 3.97. The minimum atomic E-state index is -0.336. The summed E-state index contributed by atoms with van der Waals surface area (Å²) in [6, 6.07) is 5.61. The first kappa shape index (κ1) is 17.1. The lowest BCUT2D eigenvalue weighted by Gasteiger charge is -2.40. The van der Waals surface area contributed by atoms with Crippen molar-refractivity contribution in [2.45, 2.75) is 31.1 Å². The summed E-state index contributed by atoms with van der Waals surface area (Å²) in [4.78, 5) is 14.8. The molecule has 0 saturated heterocycles. The number of nitrogens with zero attached hydrogens (tertiary/aromatic N) is 1. The van der Waals surface area contributed by atoms with E-state index in [0.29, 0.717) is 10.0 Å². The Morgan fingerprint density at radius 3 is 2.52 bits per heavy atom. The molecule has 1 saturated carbocycles. The van der Waals surface area contributed by atoms with Crippen LogP contribution >= 0.6 is 35.0 Å². The molecule has 1 aromatic rings. The largest absolute Gasteiger partial charge is 0.309 e. The Morgan fingerprint density at radius 1 is 1.29 bits per heavy atom. The quantitative estimate of drug-likeness (QED) is 0.701. The van der Waals surface area contributed by atoms with Crippen molar-refractivity contribution >= 4 is 40.1 Å². The molecule has 1 aliphatic carbocycles. The van der Waals surface area contributed by atoms with Crippen LogP contribution in [0.4, 0.5) is 0 Å². The van der Waals surface area contributed by atoms with Gasteiger partial charge in [0.2, 0.25) is 0 Å². The zero-order valence-corrected chi connectivity index (χ0v) is 14.8. The van der Waals surface area contributed by atoms with Crippen molar-refractivity contribution in [2.75, 3.05) is 26.4 Å². The summed E-state index contributed by atoms with van der Waals surface area (Å²) in [5.41, 5.74) is 0.685. The average Bonchev–Trinajstić information content (AvgIpc) is 2.37. The summed E-state index contributed by atoms with van der Waals surface area (Å²) in [7, 11) is 4.10. The van der Waals surface area contributed by atoms with Gasteiger partial charge in [-0.25, -0.2) is 0 Å². The van der Waals surface area contributed by atoms with Gasteiger partial charge in [-0.3, -0.25) is 4.79 Å². The first-order valence-electron chi connectivity index (χ1n) is 7.23. The van der Waals surface area contributed by atoms with E-state index < -0.39 is 0 Å². The van der Waals surface area contributed by atoms with Gasteiger partial charge in [0, 0.05) is 5.75 Å². The third-order valence-corrected chi connectivity index (χ3v) is 5.94. The molecule has 0 atom stereocenters. The molecular formula is C16H21Cl2NOS. The molecule has 0 N–H and O–H groups in total. The van der Waals surface area contributed by atoms with Crippen molar-refractivity contribution in [2.24, 2.45) is 0 Å². The van der Waals surface area contributed by atoms with Crippen LogP contribution in [0.5, 0.6) is 0 Å². The van der Waals surface area contributed by atoms with Crippen LogP contribution in [0.3, 0.4) is 0 Å². The molecule has 21 heavy (non-hydrogen) atoms. The van der Waals surface area contributed by atoms with Gasteiger partial charge < -0.3 is 4.90 Å². The molecule has 0 aromatic heterocycles. The van der Waals surface area contributed by atoms with Crippen molar-refractivity contribution in [1.29, 1.82) is 0 Å². The van der Waals surface area contributed by atoms with Crippen LogP contribution in [-0.4, -0.2) is 36.4 Å². The average molecular weight is 346 g/mol. The first-order chi connectivity index (χ1) is 9.95. The monoisotopic (exact) mass is 345 g/mol. The normalized spacial score (nSPS) is 16.8. The molecule has 0 spiro atoms. The number of hydrogen-bond acceptors (Lipinski definition) is 3. The van der Waals surface area contributed by atoms with Crippen LogP contribution in [0, 0.1) is 0 Å². The van der Waals surface area contributed by atoms with Gasteiger partial charge in [-0.05, 0) is 57.6 Å². The predicted molar refractivity (Wildman–Crippen MR) is 92.6 cm³/mol. The van der Waals surface area contributed by atoms with Crippen LogP contribution in [0.1, 0.15) is 31.2 Å². The zero-order chi connectivity index (χ0) is 15.5. The second-order valence-electron chi connectivity index (χ2n) is 5.86. The summed E-state index contributed by atoms with van der Waals surface area (Å²) in [5.74, 6) is 0.875. The van der Waals surface area contributed by atoms with Gasteiger partial charge in [0.05, 0.1) is 15.5 Å². The number of benzene rings is 1. The van der Waals surface area contributed by atoms with E-state index in [1.54, 1.807) is 6.07 Å². The van der Waals surface area contributed by atoms with Gasteiger partial charge >= 0.3 is 0 Å². The standard InChI is InChI=1S/C16H21Cl2NOS/c1-19(2)9-4-10-21-15(20)16(7-3-8-16)12-5-6-13(17)14(18)11-12/h5-6,11H,3-4,7-10H2,1-2H3. The van der Waals surface area contributed by atoms with Crippen LogP contribution in [0.2, 0.25) is 10.0 Å². The minimum absolute atomic E-state index is 0.283. The predicted octanol–water partition coefficient (Wildman–Crippen LogP) is 4.63. The summed E-state index contributed by atoms with van der Waals surface area (Å²) < 4.78 is 0. The van der Waals surface area contributed by atoms with Crippen molar-refractivity contribution < 1.29 is 4.79 Å². The van der Waals surface area contributed by atoms with Gasteiger partial charge in [0.15, 0.2) is 5.12 Å². The fourth-order valence-electron chi connectivity index (χ4n) is 2.62. The molecule has 5 heteroatoms. The van der Waals surface area contributed by atoms with E-state index in [4.69, 9.17) is 23.2 Å². The number of hydrogen-bond donors (Lipinski definition) is 0. The number of carbonyl (C=O) groups excluding carboxylic acids is 1. The summed E-state index contributed by atoms with van der Waals surface area (Å²) >= 11 is 13.6. The second kappa shape index (κ2) is 7.36. The Hall–Kier alpha value is -0.220. The Morgan fingerprint density at radius 2 is 2.00 bits per heavy atom. The maximum absolute atomic E-state index is 12.7. The third-order valence-electron chi connectivity index (χ3n) is 4.05. The Labute approximate surface area is 141 Å². The van der Waals surface area contributed by atoms with Crippen LogP contribution in [0.25, 0.3) is 0 Å². The van der Waals surface area contributed by atoms with E-state index >= 15 is 0 Å². The van der Waals surface area contributed by atoms with Crippen molar-refractivity contribution in [3.63, 3.8) is 0 Å². The lowest BCUT2D eigenvalue weighted by Crippen LogP contribution is -2.41. The lowest BCUT2D eigenvalue weighted by atomic mass is 9.65. The molecular weight excluding hydrogens is 325 g/mol. The van der Waals surface area contributed by atoms with Crippen molar-refractivity contribution in [3.8, 4) is 0 Å². The van der Waals surface area contributed by atoms with E-state index in [2.05, 4.69) is 19.0 Å². The van der Waals surface area contributed by atoms with Gasteiger partial charge in [0.1, 0.15) is 0 Å². The highest BCUT2D eigenvalue weighted by Gasteiger charge is 2.45. The molecule has 116 valence electrons. The highest BCUT2D eigenvalue weighted by Crippen LogP contribution is 2.48. The molecule has 1 aromatic carbocycles. The summed E-state index contributed by atoms with van der Waals surface area (Å²) in [6.45, 7) is 1.01. The third kappa shape index (κ3) is 3.95. The fraction of sp³-hybridized carbons (Fsp3) is 0.562.